The number of methoxy groups -OCH3 is 1. The molecule has 2 rings (SSSR count). The molecule has 1 fully saturated rings. The van der Waals surface area contributed by atoms with Gasteiger partial charge >= 0.3 is 5.97 Å². The molecule has 1 saturated heterocycles. The highest BCUT2D eigenvalue weighted by Crippen LogP contribution is 2.25. The van der Waals surface area contributed by atoms with Gasteiger partial charge in [-0.05, 0) is 25.0 Å². The Morgan fingerprint density at radius 3 is 2.78 bits per heavy atom. The number of rotatable bonds is 5. The van der Waals surface area contributed by atoms with Crippen LogP contribution in [0.5, 0.6) is 5.75 Å². The molecule has 126 valence electrons. The molecule has 1 aromatic rings. The molecule has 23 heavy (non-hydrogen) atoms. The molecular formula is C17H23NO5. The number of esters is 1. The Labute approximate surface area is 136 Å². The SMILES string of the molecule is CCCOc1ccccc1C(=O)N1CC[C@H](O)C[C@@H]1C(=O)OC. The van der Waals surface area contributed by atoms with Crippen molar-refractivity contribution in [3.8, 4) is 5.75 Å². The van der Waals surface area contributed by atoms with Crippen LogP contribution in [0.1, 0.15) is 36.5 Å². The number of benzene rings is 1. The lowest BCUT2D eigenvalue weighted by Crippen LogP contribution is -2.51. The van der Waals surface area contributed by atoms with E-state index in [2.05, 4.69) is 0 Å². The van der Waals surface area contributed by atoms with Gasteiger partial charge in [0.05, 0.1) is 25.4 Å². The Balaban J connectivity index is 2.25. The number of ether oxygens (including phenoxy) is 2. The minimum absolute atomic E-state index is 0.191. The van der Waals surface area contributed by atoms with Gasteiger partial charge in [-0.1, -0.05) is 19.1 Å². The molecule has 2 atom stereocenters. The van der Waals surface area contributed by atoms with Crippen molar-refractivity contribution in [1.82, 2.24) is 4.90 Å². The fourth-order valence-corrected chi connectivity index (χ4v) is 2.69. The molecule has 0 aromatic heterocycles. The summed E-state index contributed by atoms with van der Waals surface area (Å²) < 4.78 is 10.4. The second-order valence-corrected chi connectivity index (χ2v) is 5.56. The van der Waals surface area contributed by atoms with Gasteiger partial charge in [-0.2, -0.15) is 0 Å². The predicted molar refractivity (Wildman–Crippen MR) is 84.3 cm³/mol. The molecule has 0 unspecified atom stereocenters. The van der Waals surface area contributed by atoms with Gasteiger partial charge in [-0.15, -0.1) is 0 Å². The molecule has 1 aromatic carbocycles. The average molecular weight is 321 g/mol. The van der Waals surface area contributed by atoms with Crippen molar-refractivity contribution in [2.75, 3.05) is 20.3 Å². The number of carbonyl (C=O) groups is 2. The summed E-state index contributed by atoms with van der Waals surface area (Å²) in [7, 11) is 1.28. The third kappa shape index (κ3) is 4.01. The minimum atomic E-state index is -0.768. The third-order valence-corrected chi connectivity index (χ3v) is 3.89. The maximum Gasteiger partial charge on any atom is 0.328 e. The fraction of sp³-hybridized carbons (Fsp3) is 0.529. The molecular weight excluding hydrogens is 298 g/mol. The van der Waals surface area contributed by atoms with Gasteiger partial charge in [0.1, 0.15) is 11.8 Å². The van der Waals surface area contributed by atoms with E-state index in [-0.39, 0.29) is 12.3 Å². The van der Waals surface area contributed by atoms with Crippen LogP contribution in [-0.4, -0.2) is 54.3 Å². The third-order valence-electron chi connectivity index (χ3n) is 3.89. The molecule has 6 heteroatoms. The first-order chi connectivity index (χ1) is 11.1. The molecule has 0 spiro atoms. The summed E-state index contributed by atoms with van der Waals surface area (Å²) in [4.78, 5) is 26.3. The molecule has 0 radical (unpaired) electrons. The topological polar surface area (TPSA) is 76.1 Å². The van der Waals surface area contributed by atoms with Gasteiger partial charge in [0.15, 0.2) is 0 Å². The van der Waals surface area contributed by atoms with Gasteiger partial charge in [0.2, 0.25) is 0 Å². The number of piperidine rings is 1. The lowest BCUT2D eigenvalue weighted by atomic mass is 9.98. The molecule has 0 aliphatic carbocycles. The number of likely N-dealkylation sites (tertiary alicyclic amines) is 1. The smallest absolute Gasteiger partial charge is 0.328 e. The van der Waals surface area contributed by atoms with Gasteiger partial charge < -0.3 is 19.5 Å². The number of amides is 1. The number of aliphatic hydroxyl groups excluding tert-OH is 1. The molecule has 1 aliphatic heterocycles. The van der Waals surface area contributed by atoms with Crippen LogP contribution in [0.15, 0.2) is 24.3 Å². The highest BCUT2D eigenvalue weighted by Gasteiger charge is 2.37. The van der Waals surface area contributed by atoms with E-state index in [0.29, 0.717) is 30.9 Å². The largest absolute Gasteiger partial charge is 0.493 e. The van der Waals surface area contributed by atoms with E-state index < -0.39 is 18.1 Å². The summed E-state index contributed by atoms with van der Waals surface area (Å²) in [6.45, 7) is 2.81. The quantitative estimate of drug-likeness (QED) is 0.834. The Kier molecular flexibility index (Phi) is 5.98. The van der Waals surface area contributed by atoms with Crippen molar-refractivity contribution in [2.45, 2.75) is 38.3 Å². The fourth-order valence-electron chi connectivity index (χ4n) is 2.69. The van der Waals surface area contributed by atoms with Crippen LogP contribution in [0, 0.1) is 0 Å². The van der Waals surface area contributed by atoms with Gasteiger partial charge in [-0.25, -0.2) is 4.79 Å². The molecule has 0 bridgehead atoms. The van der Waals surface area contributed by atoms with Gasteiger partial charge in [-0.3, -0.25) is 4.79 Å². The van der Waals surface area contributed by atoms with Crippen molar-refractivity contribution < 1.29 is 24.2 Å². The summed E-state index contributed by atoms with van der Waals surface area (Å²) in [6, 6.07) is 6.23. The van der Waals surface area contributed by atoms with E-state index in [4.69, 9.17) is 9.47 Å². The summed E-state index contributed by atoms with van der Waals surface area (Å²) in [5.74, 6) is -0.280. The maximum absolute atomic E-state index is 12.9. The summed E-state index contributed by atoms with van der Waals surface area (Å²) in [6.07, 6.45) is 0.867. The van der Waals surface area contributed by atoms with Crippen molar-refractivity contribution in [1.29, 1.82) is 0 Å². The maximum atomic E-state index is 12.9. The molecule has 1 N–H and O–H groups in total. The second-order valence-electron chi connectivity index (χ2n) is 5.56. The number of hydrogen-bond acceptors (Lipinski definition) is 5. The molecule has 6 nitrogen and oxygen atoms in total. The number of hydrogen-bond donors (Lipinski definition) is 1. The van der Waals surface area contributed by atoms with Crippen LogP contribution >= 0.6 is 0 Å². The van der Waals surface area contributed by atoms with Crippen LogP contribution < -0.4 is 4.74 Å². The number of aliphatic hydroxyl groups is 1. The number of nitrogens with zero attached hydrogens (tertiary/aromatic N) is 1. The molecule has 1 amide bonds. The normalized spacial score (nSPS) is 20.9. The lowest BCUT2D eigenvalue weighted by Gasteiger charge is -2.36. The van der Waals surface area contributed by atoms with Crippen molar-refractivity contribution in [2.24, 2.45) is 0 Å². The van der Waals surface area contributed by atoms with E-state index in [1.54, 1.807) is 24.3 Å². The van der Waals surface area contributed by atoms with Crippen LogP contribution in [0.3, 0.4) is 0 Å². The monoisotopic (exact) mass is 321 g/mol. The standard InChI is InChI=1S/C17H23NO5/c1-3-10-23-15-7-5-4-6-13(15)16(20)18-9-8-12(19)11-14(18)17(21)22-2/h4-7,12,14,19H,3,8-11H2,1-2H3/t12-,14+/m0/s1. The van der Waals surface area contributed by atoms with E-state index >= 15 is 0 Å². The van der Waals surface area contributed by atoms with E-state index in [1.807, 2.05) is 6.92 Å². The zero-order chi connectivity index (χ0) is 16.8. The van der Waals surface area contributed by atoms with Crippen LogP contribution in [0.25, 0.3) is 0 Å². The van der Waals surface area contributed by atoms with Crippen molar-refractivity contribution in [3.05, 3.63) is 29.8 Å². The molecule has 1 aliphatic rings. The Morgan fingerprint density at radius 2 is 2.09 bits per heavy atom. The van der Waals surface area contributed by atoms with Gasteiger partial charge in [0.25, 0.3) is 5.91 Å². The first kappa shape index (κ1) is 17.3. The van der Waals surface area contributed by atoms with E-state index in [9.17, 15) is 14.7 Å². The summed E-state index contributed by atoms with van der Waals surface area (Å²) >= 11 is 0. The Hall–Kier alpha value is -2.08. The highest BCUT2D eigenvalue weighted by atomic mass is 16.5. The predicted octanol–water partition coefficient (Wildman–Crippen LogP) is 1.61. The van der Waals surface area contributed by atoms with E-state index in [1.165, 1.54) is 12.0 Å². The van der Waals surface area contributed by atoms with Crippen molar-refractivity contribution in [3.63, 3.8) is 0 Å². The number of para-hydroxylation sites is 1. The summed E-state index contributed by atoms with van der Waals surface area (Å²) in [5.41, 5.74) is 0.422. The van der Waals surface area contributed by atoms with Crippen LogP contribution in [-0.2, 0) is 9.53 Å². The molecule has 0 saturated carbocycles. The highest BCUT2D eigenvalue weighted by molar-refractivity contribution is 5.99. The number of carbonyl (C=O) groups excluding carboxylic acids is 2. The van der Waals surface area contributed by atoms with Crippen molar-refractivity contribution >= 4 is 11.9 Å². The van der Waals surface area contributed by atoms with Crippen LogP contribution in [0.4, 0.5) is 0 Å². The Morgan fingerprint density at radius 1 is 1.35 bits per heavy atom. The zero-order valence-corrected chi connectivity index (χ0v) is 13.5. The lowest BCUT2D eigenvalue weighted by molar-refractivity contribution is -0.148. The van der Waals surface area contributed by atoms with Gasteiger partial charge in [0, 0.05) is 13.0 Å². The minimum Gasteiger partial charge on any atom is -0.493 e. The average Bonchev–Trinajstić information content (AvgIpc) is 2.58. The van der Waals surface area contributed by atoms with E-state index in [0.717, 1.165) is 6.42 Å². The first-order valence-corrected chi connectivity index (χ1v) is 7.87. The molecule has 1 heterocycles. The first-order valence-electron chi connectivity index (χ1n) is 7.87. The Bertz CT molecular complexity index is 560. The zero-order valence-electron chi connectivity index (χ0n) is 13.5. The second kappa shape index (κ2) is 7.97. The van der Waals surface area contributed by atoms with Crippen LogP contribution in [0.2, 0.25) is 0 Å². The summed E-state index contributed by atoms with van der Waals surface area (Å²) in [5, 5.41) is 9.79.